The highest BCUT2D eigenvalue weighted by Crippen LogP contribution is 2.20. The molecule has 0 aromatic rings. The molecule has 0 bridgehead atoms. The molecule has 1 aliphatic rings. The van der Waals surface area contributed by atoms with Crippen LogP contribution in [-0.2, 0) is 4.74 Å². The van der Waals surface area contributed by atoms with E-state index < -0.39 is 0 Å². The van der Waals surface area contributed by atoms with Crippen LogP contribution in [0, 0.1) is 0 Å². The predicted octanol–water partition coefficient (Wildman–Crippen LogP) is 1.10. The molecule has 1 saturated heterocycles. The fourth-order valence-electron chi connectivity index (χ4n) is 2.27. The summed E-state index contributed by atoms with van der Waals surface area (Å²) in [6, 6.07) is 0.648. The van der Waals surface area contributed by atoms with Crippen molar-refractivity contribution in [3.05, 3.63) is 0 Å². The lowest BCUT2D eigenvalue weighted by atomic mass is 10.0. The van der Waals surface area contributed by atoms with Gasteiger partial charge in [0.15, 0.2) is 0 Å². The van der Waals surface area contributed by atoms with E-state index in [4.69, 9.17) is 4.74 Å². The van der Waals surface area contributed by atoms with Gasteiger partial charge in [-0.25, -0.2) is 0 Å². The molecule has 1 unspecified atom stereocenters. The van der Waals surface area contributed by atoms with E-state index >= 15 is 0 Å². The third kappa shape index (κ3) is 2.94. The Bertz CT molecular complexity index is 171. The van der Waals surface area contributed by atoms with Gasteiger partial charge in [0.05, 0.1) is 6.61 Å². The minimum atomic E-state index is 0.244. The van der Waals surface area contributed by atoms with Crippen LogP contribution in [0.4, 0.5) is 0 Å². The van der Waals surface area contributed by atoms with Gasteiger partial charge in [-0.05, 0) is 33.7 Å². The van der Waals surface area contributed by atoms with Gasteiger partial charge >= 0.3 is 0 Å². The normalized spacial score (nSPS) is 28.7. The Morgan fingerprint density at radius 1 is 1.50 bits per heavy atom. The fraction of sp³-hybridized carbons (Fsp3) is 1.00. The molecule has 3 heteroatoms. The average Bonchev–Trinajstić information content (AvgIpc) is 2.23. The van der Waals surface area contributed by atoms with Crippen molar-refractivity contribution in [3.63, 3.8) is 0 Å². The molecule has 1 aliphatic heterocycles. The van der Waals surface area contributed by atoms with Crippen molar-refractivity contribution in [2.75, 3.05) is 33.4 Å². The summed E-state index contributed by atoms with van der Waals surface area (Å²) in [4.78, 5) is 2.55. The summed E-state index contributed by atoms with van der Waals surface area (Å²) >= 11 is 0. The summed E-state index contributed by atoms with van der Waals surface area (Å²) < 4.78 is 5.16. The smallest absolute Gasteiger partial charge is 0.0590 e. The van der Waals surface area contributed by atoms with Crippen molar-refractivity contribution < 1.29 is 4.74 Å². The van der Waals surface area contributed by atoms with Crippen LogP contribution in [0.5, 0.6) is 0 Å². The monoisotopic (exact) mass is 200 g/mol. The first-order valence-corrected chi connectivity index (χ1v) is 5.54. The molecule has 84 valence electrons. The molecule has 0 aromatic heterocycles. The third-order valence-corrected chi connectivity index (χ3v) is 3.14. The first kappa shape index (κ1) is 12.0. The quantitative estimate of drug-likeness (QED) is 0.738. The molecule has 1 heterocycles. The lowest BCUT2D eigenvalue weighted by Gasteiger charge is -2.40. The SMILES string of the molecule is COCCN1C(C)CCNCC1(C)C. The van der Waals surface area contributed by atoms with Gasteiger partial charge in [-0.2, -0.15) is 0 Å². The number of nitrogens with one attached hydrogen (secondary N) is 1. The van der Waals surface area contributed by atoms with E-state index in [0.29, 0.717) is 6.04 Å². The van der Waals surface area contributed by atoms with Gasteiger partial charge in [0.1, 0.15) is 0 Å². The summed E-state index contributed by atoms with van der Waals surface area (Å²) in [5.41, 5.74) is 0.244. The maximum absolute atomic E-state index is 5.16. The molecular formula is C11H24N2O. The molecule has 0 aromatic carbocycles. The van der Waals surface area contributed by atoms with Crippen molar-refractivity contribution in [2.24, 2.45) is 0 Å². The topological polar surface area (TPSA) is 24.5 Å². The summed E-state index contributed by atoms with van der Waals surface area (Å²) in [6.07, 6.45) is 1.23. The Hall–Kier alpha value is -0.120. The second kappa shape index (κ2) is 5.10. The fourth-order valence-corrected chi connectivity index (χ4v) is 2.27. The Morgan fingerprint density at radius 2 is 2.21 bits per heavy atom. The molecule has 1 N–H and O–H groups in total. The highest BCUT2D eigenvalue weighted by atomic mass is 16.5. The number of hydrogen-bond acceptors (Lipinski definition) is 3. The zero-order chi connectivity index (χ0) is 10.6. The molecule has 3 nitrogen and oxygen atoms in total. The molecule has 14 heavy (non-hydrogen) atoms. The van der Waals surface area contributed by atoms with Gasteiger partial charge in [0, 0.05) is 31.8 Å². The minimum Gasteiger partial charge on any atom is -0.383 e. The van der Waals surface area contributed by atoms with Crippen LogP contribution in [0.15, 0.2) is 0 Å². The van der Waals surface area contributed by atoms with Gasteiger partial charge < -0.3 is 10.1 Å². The number of methoxy groups -OCH3 is 1. The van der Waals surface area contributed by atoms with Crippen LogP contribution in [-0.4, -0.2) is 49.8 Å². The highest BCUT2D eigenvalue weighted by Gasteiger charge is 2.31. The average molecular weight is 200 g/mol. The first-order chi connectivity index (χ1) is 6.58. The van der Waals surface area contributed by atoms with E-state index in [9.17, 15) is 0 Å². The van der Waals surface area contributed by atoms with Crippen LogP contribution < -0.4 is 5.32 Å². The third-order valence-electron chi connectivity index (χ3n) is 3.14. The lowest BCUT2D eigenvalue weighted by molar-refractivity contribution is 0.0542. The van der Waals surface area contributed by atoms with E-state index in [2.05, 4.69) is 31.0 Å². The van der Waals surface area contributed by atoms with E-state index in [1.807, 2.05) is 0 Å². The molecule has 1 fully saturated rings. The predicted molar refractivity (Wildman–Crippen MR) is 59.6 cm³/mol. The van der Waals surface area contributed by atoms with Crippen LogP contribution in [0.2, 0.25) is 0 Å². The molecule has 0 spiro atoms. The molecule has 1 atom stereocenters. The molecule has 1 rings (SSSR count). The van der Waals surface area contributed by atoms with Crippen LogP contribution in [0.25, 0.3) is 0 Å². The molecular weight excluding hydrogens is 176 g/mol. The van der Waals surface area contributed by atoms with Crippen molar-refractivity contribution in [1.29, 1.82) is 0 Å². The molecule has 0 saturated carbocycles. The second-order valence-corrected chi connectivity index (χ2v) is 4.81. The summed E-state index contributed by atoms with van der Waals surface area (Å²) in [7, 11) is 1.77. The maximum Gasteiger partial charge on any atom is 0.0590 e. The zero-order valence-electron chi connectivity index (χ0n) is 9.97. The van der Waals surface area contributed by atoms with E-state index in [-0.39, 0.29) is 5.54 Å². The van der Waals surface area contributed by atoms with Crippen molar-refractivity contribution >= 4 is 0 Å². The maximum atomic E-state index is 5.16. The molecule has 0 radical (unpaired) electrons. The van der Waals surface area contributed by atoms with Gasteiger partial charge in [0.25, 0.3) is 0 Å². The summed E-state index contributed by atoms with van der Waals surface area (Å²) in [5, 5.41) is 3.49. The summed E-state index contributed by atoms with van der Waals surface area (Å²) in [6.45, 7) is 11.0. The number of nitrogens with zero attached hydrogens (tertiary/aromatic N) is 1. The largest absolute Gasteiger partial charge is 0.383 e. The van der Waals surface area contributed by atoms with Crippen molar-refractivity contribution in [2.45, 2.75) is 38.8 Å². The number of hydrogen-bond donors (Lipinski definition) is 1. The van der Waals surface area contributed by atoms with Crippen LogP contribution >= 0.6 is 0 Å². The van der Waals surface area contributed by atoms with E-state index in [0.717, 1.165) is 26.2 Å². The lowest BCUT2D eigenvalue weighted by Crippen LogP contribution is -2.52. The van der Waals surface area contributed by atoms with E-state index in [1.165, 1.54) is 6.42 Å². The first-order valence-electron chi connectivity index (χ1n) is 5.54. The van der Waals surface area contributed by atoms with Gasteiger partial charge in [-0.3, -0.25) is 4.90 Å². The summed E-state index contributed by atoms with van der Waals surface area (Å²) in [5.74, 6) is 0. The number of rotatable bonds is 3. The zero-order valence-corrected chi connectivity index (χ0v) is 9.97. The second-order valence-electron chi connectivity index (χ2n) is 4.81. The Kier molecular flexibility index (Phi) is 4.35. The van der Waals surface area contributed by atoms with E-state index in [1.54, 1.807) is 7.11 Å². The van der Waals surface area contributed by atoms with Crippen LogP contribution in [0.3, 0.4) is 0 Å². The Morgan fingerprint density at radius 3 is 2.86 bits per heavy atom. The van der Waals surface area contributed by atoms with Gasteiger partial charge in [-0.15, -0.1) is 0 Å². The minimum absolute atomic E-state index is 0.244. The highest BCUT2D eigenvalue weighted by molar-refractivity contribution is 4.89. The van der Waals surface area contributed by atoms with Gasteiger partial charge in [0.2, 0.25) is 0 Å². The Balaban J connectivity index is 2.61. The Labute approximate surface area is 87.8 Å². The standard InChI is InChI=1S/C11H24N2O/c1-10-5-6-12-9-11(2,3)13(10)7-8-14-4/h10,12H,5-9H2,1-4H3. The molecule has 0 aliphatic carbocycles. The van der Waals surface area contributed by atoms with Crippen LogP contribution in [0.1, 0.15) is 27.2 Å². The van der Waals surface area contributed by atoms with Crippen molar-refractivity contribution in [1.82, 2.24) is 10.2 Å². The van der Waals surface area contributed by atoms with Crippen molar-refractivity contribution in [3.8, 4) is 0 Å². The van der Waals surface area contributed by atoms with Gasteiger partial charge in [-0.1, -0.05) is 0 Å². The molecule has 0 amide bonds. The number of ether oxygens (including phenoxy) is 1.